The predicted molar refractivity (Wildman–Crippen MR) is 66.5 cm³/mol. The number of carbonyl (C=O) groups excluding carboxylic acids is 1. The van der Waals surface area contributed by atoms with E-state index in [0.29, 0.717) is 19.6 Å². The molecule has 0 aliphatic heterocycles. The average molecular weight is 244 g/mol. The Labute approximate surface area is 102 Å². The van der Waals surface area contributed by atoms with Gasteiger partial charge in [0.15, 0.2) is 0 Å². The van der Waals surface area contributed by atoms with Gasteiger partial charge in [0.2, 0.25) is 0 Å². The minimum atomic E-state index is -0.139. The monoisotopic (exact) mass is 243 g/mol. The molecule has 0 saturated heterocycles. The van der Waals surface area contributed by atoms with Crippen LogP contribution in [-0.4, -0.2) is 12.6 Å². The molecule has 0 aliphatic rings. The molecule has 2 N–H and O–H groups in total. The van der Waals surface area contributed by atoms with Crippen molar-refractivity contribution >= 4 is 18.4 Å². The molecule has 0 bridgehead atoms. The van der Waals surface area contributed by atoms with Gasteiger partial charge in [-0.15, -0.1) is 12.4 Å². The maximum Gasteiger partial charge on any atom is 0.306 e. The van der Waals surface area contributed by atoms with Crippen LogP contribution in [0.3, 0.4) is 0 Å². The number of halogens is 1. The first kappa shape index (κ1) is 14.9. The van der Waals surface area contributed by atoms with Gasteiger partial charge in [0.25, 0.3) is 0 Å². The SMILES string of the molecule is CCOC(=O)CCc1ccc(CN)cc1.Cl. The van der Waals surface area contributed by atoms with E-state index in [0.717, 1.165) is 17.5 Å². The summed E-state index contributed by atoms with van der Waals surface area (Å²) in [5.41, 5.74) is 7.73. The Morgan fingerprint density at radius 3 is 2.31 bits per heavy atom. The zero-order chi connectivity index (χ0) is 11.1. The van der Waals surface area contributed by atoms with Crippen LogP contribution in [0.1, 0.15) is 24.5 Å². The first-order valence-corrected chi connectivity index (χ1v) is 5.19. The molecular formula is C12H18ClNO2. The van der Waals surface area contributed by atoms with Crippen LogP contribution in [0.4, 0.5) is 0 Å². The van der Waals surface area contributed by atoms with Crippen molar-refractivity contribution in [3.8, 4) is 0 Å². The number of ether oxygens (including phenoxy) is 1. The molecule has 0 heterocycles. The number of hydrogen-bond acceptors (Lipinski definition) is 3. The number of hydrogen-bond donors (Lipinski definition) is 1. The number of carbonyl (C=O) groups is 1. The van der Waals surface area contributed by atoms with Gasteiger partial charge in [0.1, 0.15) is 0 Å². The lowest BCUT2D eigenvalue weighted by Crippen LogP contribution is -2.05. The second-order valence-corrected chi connectivity index (χ2v) is 3.33. The number of nitrogens with two attached hydrogens (primary N) is 1. The zero-order valence-corrected chi connectivity index (χ0v) is 10.3. The molecule has 0 aromatic heterocycles. The second kappa shape index (κ2) is 8.13. The smallest absolute Gasteiger partial charge is 0.306 e. The fourth-order valence-corrected chi connectivity index (χ4v) is 1.32. The molecule has 0 radical (unpaired) electrons. The van der Waals surface area contributed by atoms with E-state index in [4.69, 9.17) is 10.5 Å². The second-order valence-electron chi connectivity index (χ2n) is 3.33. The summed E-state index contributed by atoms with van der Waals surface area (Å²) in [5, 5.41) is 0. The lowest BCUT2D eigenvalue weighted by Gasteiger charge is -2.03. The van der Waals surface area contributed by atoms with Gasteiger partial charge in [0.05, 0.1) is 6.61 Å². The van der Waals surface area contributed by atoms with Gasteiger partial charge in [-0.2, -0.15) is 0 Å². The Kier molecular flexibility index (Phi) is 7.60. The highest BCUT2D eigenvalue weighted by Crippen LogP contribution is 2.06. The van der Waals surface area contributed by atoms with E-state index >= 15 is 0 Å². The zero-order valence-electron chi connectivity index (χ0n) is 9.44. The van der Waals surface area contributed by atoms with Crippen molar-refractivity contribution < 1.29 is 9.53 Å². The summed E-state index contributed by atoms with van der Waals surface area (Å²) in [4.78, 5) is 11.1. The molecule has 4 heteroatoms. The van der Waals surface area contributed by atoms with Crippen molar-refractivity contribution in [1.29, 1.82) is 0 Å². The number of benzene rings is 1. The van der Waals surface area contributed by atoms with Gasteiger partial charge >= 0.3 is 5.97 Å². The number of rotatable bonds is 5. The van der Waals surface area contributed by atoms with Gasteiger partial charge in [-0.1, -0.05) is 24.3 Å². The van der Waals surface area contributed by atoms with Crippen LogP contribution in [0, 0.1) is 0 Å². The summed E-state index contributed by atoms with van der Waals surface area (Å²) in [6, 6.07) is 7.98. The molecule has 16 heavy (non-hydrogen) atoms. The Bertz CT molecular complexity index is 311. The quantitative estimate of drug-likeness (QED) is 0.806. The van der Waals surface area contributed by atoms with Gasteiger partial charge in [-0.05, 0) is 24.5 Å². The Hall–Kier alpha value is -1.06. The van der Waals surface area contributed by atoms with Crippen LogP contribution in [0.25, 0.3) is 0 Å². The summed E-state index contributed by atoms with van der Waals surface area (Å²) >= 11 is 0. The minimum Gasteiger partial charge on any atom is -0.466 e. The van der Waals surface area contributed by atoms with E-state index in [1.54, 1.807) is 0 Å². The van der Waals surface area contributed by atoms with E-state index in [-0.39, 0.29) is 18.4 Å². The van der Waals surface area contributed by atoms with E-state index in [1.165, 1.54) is 0 Å². The molecule has 0 amide bonds. The molecule has 0 aliphatic carbocycles. The lowest BCUT2D eigenvalue weighted by atomic mass is 10.1. The molecular weight excluding hydrogens is 226 g/mol. The third kappa shape index (κ3) is 5.14. The van der Waals surface area contributed by atoms with Crippen molar-refractivity contribution in [3.05, 3.63) is 35.4 Å². The maximum atomic E-state index is 11.1. The highest BCUT2D eigenvalue weighted by molar-refractivity contribution is 5.85. The van der Waals surface area contributed by atoms with Gasteiger partial charge in [0, 0.05) is 13.0 Å². The third-order valence-electron chi connectivity index (χ3n) is 2.18. The first-order chi connectivity index (χ1) is 7.26. The summed E-state index contributed by atoms with van der Waals surface area (Å²) < 4.78 is 4.85. The van der Waals surface area contributed by atoms with Crippen molar-refractivity contribution in [2.24, 2.45) is 5.73 Å². The fraction of sp³-hybridized carbons (Fsp3) is 0.417. The molecule has 1 aromatic carbocycles. The van der Waals surface area contributed by atoms with E-state index in [1.807, 2.05) is 31.2 Å². The van der Waals surface area contributed by atoms with Gasteiger partial charge in [-0.25, -0.2) is 0 Å². The molecule has 90 valence electrons. The third-order valence-corrected chi connectivity index (χ3v) is 2.18. The predicted octanol–water partition coefficient (Wildman–Crippen LogP) is 2.06. The van der Waals surface area contributed by atoms with Crippen LogP contribution in [0.15, 0.2) is 24.3 Å². The molecule has 1 aromatic rings. The van der Waals surface area contributed by atoms with Crippen molar-refractivity contribution in [3.63, 3.8) is 0 Å². The highest BCUT2D eigenvalue weighted by Gasteiger charge is 2.02. The van der Waals surface area contributed by atoms with Gasteiger partial charge < -0.3 is 10.5 Å². The van der Waals surface area contributed by atoms with Crippen molar-refractivity contribution in [2.75, 3.05) is 6.61 Å². The van der Waals surface area contributed by atoms with Crippen molar-refractivity contribution in [2.45, 2.75) is 26.3 Å². The number of aryl methyl sites for hydroxylation is 1. The maximum absolute atomic E-state index is 11.1. The van der Waals surface area contributed by atoms with Crippen LogP contribution in [-0.2, 0) is 22.5 Å². The fourth-order valence-electron chi connectivity index (χ4n) is 1.32. The van der Waals surface area contributed by atoms with Crippen LogP contribution < -0.4 is 5.73 Å². The number of esters is 1. The summed E-state index contributed by atoms with van der Waals surface area (Å²) in [7, 11) is 0. The molecule has 0 fully saturated rings. The van der Waals surface area contributed by atoms with E-state index < -0.39 is 0 Å². The molecule has 3 nitrogen and oxygen atoms in total. The van der Waals surface area contributed by atoms with Crippen LogP contribution in [0.5, 0.6) is 0 Å². The Morgan fingerprint density at radius 1 is 1.25 bits per heavy atom. The Morgan fingerprint density at radius 2 is 1.81 bits per heavy atom. The highest BCUT2D eigenvalue weighted by atomic mass is 35.5. The molecule has 0 spiro atoms. The Balaban J connectivity index is 0.00000225. The lowest BCUT2D eigenvalue weighted by molar-refractivity contribution is -0.143. The molecule has 0 unspecified atom stereocenters. The summed E-state index contributed by atoms with van der Waals surface area (Å²) in [5.74, 6) is -0.139. The minimum absolute atomic E-state index is 0. The normalized spacial score (nSPS) is 9.38. The van der Waals surface area contributed by atoms with E-state index in [9.17, 15) is 4.79 Å². The van der Waals surface area contributed by atoms with Crippen LogP contribution in [0.2, 0.25) is 0 Å². The molecule has 0 atom stereocenters. The molecule has 1 rings (SSSR count). The van der Waals surface area contributed by atoms with Crippen molar-refractivity contribution in [1.82, 2.24) is 0 Å². The summed E-state index contributed by atoms with van der Waals surface area (Å²) in [6.07, 6.45) is 1.17. The largest absolute Gasteiger partial charge is 0.466 e. The van der Waals surface area contributed by atoms with Crippen LogP contribution >= 0.6 is 12.4 Å². The topological polar surface area (TPSA) is 52.3 Å². The summed E-state index contributed by atoms with van der Waals surface area (Å²) in [6.45, 7) is 2.82. The standard InChI is InChI=1S/C12H17NO2.ClH/c1-2-15-12(14)8-7-10-3-5-11(9-13)6-4-10;/h3-6H,2,7-9,13H2,1H3;1H. The van der Waals surface area contributed by atoms with E-state index in [2.05, 4.69) is 0 Å². The van der Waals surface area contributed by atoms with Gasteiger partial charge in [-0.3, -0.25) is 4.79 Å². The first-order valence-electron chi connectivity index (χ1n) is 5.19. The average Bonchev–Trinajstić information content (AvgIpc) is 2.27. The molecule has 0 saturated carbocycles.